The molecule has 0 unspecified atom stereocenters. The molecule has 3 N–H and O–H groups in total. The predicted octanol–water partition coefficient (Wildman–Crippen LogP) is 4.00. The van der Waals surface area contributed by atoms with Crippen molar-refractivity contribution in [2.45, 2.75) is 0 Å². The molecular weight excluding hydrogens is 360 g/mol. The van der Waals surface area contributed by atoms with Crippen molar-refractivity contribution in [3.05, 3.63) is 51.5 Å². The SMILES string of the molecule is COc1ccc(/C(N)=N/O)c(Oc2ccc(Br)cc2Cl)c1. The third kappa shape index (κ3) is 3.59. The highest BCUT2D eigenvalue weighted by Crippen LogP contribution is 2.34. The standard InChI is InChI=1S/C14H12BrClN2O3/c1-20-9-3-4-10(14(17)18-19)13(7-9)21-12-5-2-8(15)6-11(12)16/h2-7,19H,1H3,(H2,17,18). The van der Waals surface area contributed by atoms with Crippen molar-refractivity contribution in [1.82, 2.24) is 0 Å². The lowest BCUT2D eigenvalue weighted by Crippen LogP contribution is -2.14. The number of amidine groups is 1. The van der Waals surface area contributed by atoms with E-state index in [2.05, 4.69) is 21.1 Å². The number of hydrogen-bond donors (Lipinski definition) is 2. The first kappa shape index (κ1) is 15.5. The number of benzene rings is 2. The molecule has 0 radical (unpaired) electrons. The van der Waals surface area contributed by atoms with E-state index in [1.807, 2.05) is 0 Å². The van der Waals surface area contributed by atoms with Crippen LogP contribution in [0.3, 0.4) is 0 Å². The van der Waals surface area contributed by atoms with Gasteiger partial charge in [0.05, 0.1) is 17.7 Å². The van der Waals surface area contributed by atoms with Crippen LogP contribution in [0.4, 0.5) is 0 Å². The van der Waals surface area contributed by atoms with E-state index in [1.54, 1.807) is 36.4 Å². The Morgan fingerprint density at radius 1 is 1.24 bits per heavy atom. The second-order valence-electron chi connectivity index (χ2n) is 4.02. The van der Waals surface area contributed by atoms with Crippen molar-refractivity contribution in [3.63, 3.8) is 0 Å². The zero-order valence-corrected chi connectivity index (χ0v) is 13.4. The van der Waals surface area contributed by atoms with Gasteiger partial charge in [0.1, 0.15) is 17.2 Å². The minimum atomic E-state index is -0.0686. The Morgan fingerprint density at radius 3 is 2.62 bits per heavy atom. The fourth-order valence-electron chi connectivity index (χ4n) is 1.66. The minimum absolute atomic E-state index is 0.0686. The molecule has 0 saturated carbocycles. The maximum Gasteiger partial charge on any atom is 0.173 e. The average Bonchev–Trinajstić information content (AvgIpc) is 2.49. The molecule has 21 heavy (non-hydrogen) atoms. The van der Waals surface area contributed by atoms with Gasteiger partial charge in [-0.05, 0) is 30.3 Å². The van der Waals surface area contributed by atoms with E-state index in [0.717, 1.165) is 4.47 Å². The Kier molecular flexibility index (Phi) is 4.93. The molecule has 0 saturated heterocycles. The lowest BCUT2D eigenvalue weighted by Gasteiger charge is -2.13. The van der Waals surface area contributed by atoms with E-state index in [0.29, 0.717) is 27.8 Å². The van der Waals surface area contributed by atoms with Gasteiger partial charge in [-0.2, -0.15) is 0 Å². The molecule has 0 spiro atoms. The summed E-state index contributed by atoms with van der Waals surface area (Å²) in [6, 6.07) is 10.2. The van der Waals surface area contributed by atoms with Crippen LogP contribution in [0.15, 0.2) is 46.0 Å². The maximum atomic E-state index is 8.84. The Hall–Kier alpha value is -1.92. The van der Waals surface area contributed by atoms with Crippen molar-refractivity contribution in [3.8, 4) is 17.2 Å². The van der Waals surface area contributed by atoms with E-state index in [-0.39, 0.29) is 5.84 Å². The molecule has 0 atom stereocenters. The van der Waals surface area contributed by atoms with E-state index >= 15 is 0 Å². The van der Waals surface area contributed by atoms with Gasteiger partial charge in [0.25, 0.3) is 0 Å². The Balaban J connectivity index is 2.46. The van der Waals surface area contributed by atoms with Gasteiger partial charge in [-0.3, -0.25) is 0 Å². The minimum Gasteiger partial charge on any atom is -0.497 e. The first-order valence-electron chi connectivity index (χ1n) is 5.84. The first-order chi connectivity index (χ1) is 10.0. The van der Waals surface area contributed by atoms with Crippen LogP contribution in [0.5, 0.6) is 17.2 Å². The first-order valence-corrected chi connectivity index (χ1v) is 7.01. The summed E-state index contributed by atoms with van der Waals surface area (Å²) in [6.07, 6.45) is 0. The zero-order valence-electron chi connectivity index (χ0n) is 11.0. The monoisotopic (exact) mass is 370 g/mol. The molecule has 7 heteroatoms. The molecule has 0 fully saturated rings. The lowest BCUT2D eigenvalue weighted by molar-refractivity contribution is 0.318. The molecule has 2 aromatic carbocycles. The Morgan fingerprint density at radius 2 is 2.00 bits per heavy atom. The topological polar surface area (TPSA) is 77.1 Å². The highest BCUT2D eigenvalue weighted by molar-refractivity contribution is 9.10. The van der Waals surface area contributed by atoms with Crippen LogP contribution in [-0.2, 0) is 0 Å². The van der Waals surface area contributed by atoms with Gasteiger partial charge in [0.15, 0.2) is 5.84 Å². The van der Waals surface area contributed by atoms with Crippen molar-refractivity contribution in [2.24, 2.45) is 10.9 Å². The van der Waals surface area contributed by atoms with Gasteiger partial charge in [-0.1, -0.05) is 32.7 Å². The van der Waals surface area contributed by atoms with E-state index in [4.69, 9.17) is 32.0 Å². The molecular formula is C14H12BrClN2O3. The van der Waals surface area contributed by atoms with Gasteiger partial charge < -0.3 is 20.4 Å². The highest BCUT2D eigenvalue weighted by Gasteiger charge is 2.13. The molecule has 5 nitrogen and oxygen atoms in total. The van der Waals surface area contributed by atoms with E-state index in [9.17, 15) is 0 Å². The van der Waals surface area contributed by atoms with Crippen LogP contribution in [0, 0.1) is 0 Å². The molecule has 2 aromatic rings. The predicted molar refractivity (Wildman–Crippen MR) is 84.7 cm³/mol. The lowest BCUT2D eigenvalue weighted by atomic mass is 10.1. The van der Waals surface area contributed by atoms with Crippen molar-refractivity contribution < 1.29 is 14.7 Å². The van der Waals surface area contributed by atoms with Gasteiger partial charge in [-0.25, -0.2) is 0 Å². The second-order valence-corrected chi connectivity index (χ2v) is 5.35. The van der Waals surface area contributed by atoms with Crippen molar-refractivity contribution in [1.29, 1.82) is 0 Å². The number of halogens is 2. The molecule has 0 heterocycles. The summed E-state index contributed by atoms with van der Waals surface area (Å²) in [6.45, 7) is 0. The number of hydrogen-bond acceptors (Lipinski definition) is 4. The van der Waals surface area contributed by atoms with Gasteiger partial charge in [0.2, 0.25) is 0 Å². The summed E-state index contributed by atoms with van der Waals surface area (Å²) >= 11 is 9.44. The molecule has 0 aliphatic carbocycles. The van der Waals surface area contributed by atoms with Crippen LogP contribution in [0.1, 0.15) is 5.56 Å². The number of methoxy groups -OCH3 is 1. The van der Waals surface area contributed by atoms with Gasteiger partial charge >= 0.3 is 0 Å². The summed E-state index contributed by atoms with van der Waals surface area (Å²) in [7, 11) is 1.54. The average molecular weight is 372 g/mol. The number of nitrogens with zero attached hydrogens (tertiary/aromatic N) is 1. The second kappa shape index (κ2) is 6.69. The number of rotatable bonds is 4. The largest absolute Gasteiger partial charge is 0.497 e. The molecule has 0 aromatic heterocycles. The number of nitrogens with two attached hydrogens (primary N) is 1. The summed E-state index contributed by atoms with van der Waals surface area (Å²) in [5.74, 6) is 1.32. The smallest absolute Gasteiger partial charge is 0.173 e. The third-order valence-corrected chi connectivity index (χ3v) is 3.47. The summed E-state index contributed by atoms with van der Waals surface area (Å²) in [5.41, 5.74) is 6.07. The summed E-state index contributed by atoms with van der Waals surface area (Å²) in [5, 5.41) is 12.3. The van der Waals surface area contributed by atoms with Gasteiger partial charge in [0, 0.05) is 10.5 Å². The van der Waals surface area contributed by atoms with E-state index in [1.165, 1.54) is 7.11 Å². The van der Waals surface area contributed by atoms with Crippen LogP contribution in [0.2, 0.25) is 5.02 Å². The highest BCUT2D eigenvalue weighted by atomic mass is 79.9. The fourth-order valence-corrected chi connectivity index (χ4v) is 2.37. The van der Waals surface area contributed by atoms with Gasteiger partial charge in [-0.15, -0.1) is 0 Å². The Labute approximate surface area is 135 Å². The zero-order chi connectivity index (χ0) is 15.4. The quantitative estimate of drug-likeness (QED) is 0.368. The molecule has 2 rings (SSSR count). The van der Waals surface area contributed by atoms with Crippen molar-refractivity contribution >= 4 is 33.4 Å². The normalized spacial score (nSPS) is 11.3. The Bertz CT molecular complexity index is 692. The molecule has 0 aliphatic heterocycles. The van der Waals surface area contributed by atoms with Crippen LogP contribution >= 0.6 is 27.5 Å². The van der Waals surface area contributed by atoms with Crippen LogP contribution in [-0.4, -0.2) is 18.2 Å². The van der Waals surface area contributed by atoms with E-state index < -0.39 is 0 Å². The summed E-state index contributed by atoms with van der Waals surface area (Å²) < 4.78 is 11.7. The summed E-state index contributed by atoms with van der Waals surface area (Å²) in [4.78, 5) is 0. The van der Waals surface area contributed by atoms with Crippen LogP contribution in [0.25, 0.3) is 0 Å². The number of ether oxygens (including phenoxy) is 2. The molecule has 0 bridgehead atoms. The van der Waals surface area contributed by atoms with Crippen molar-refractivity contribution in [2.75, 3.05) is 7.11 Å². The third-order valence-electron chi connectivity index (χ3n) is 2.69. The molecule has 0 aliphatic rings. The number of oxime groups is 1. The fraction of sp³-hybridized carbons (Fsp3) is 0.0714. The maximum absolute atomic E-state index is 8.84. The van der Waals surface area contributed by atoms with Crippen LogP contribution < -0.4 is 15.2 Å². The molecule has 110 valence electrons. The molecule has 0 amide bonds.